The summed E-state index contributed by atoms with van der Waals surface area (Å²) >= 11 is 0. The van der Waals surface area contributed by atoms with Gasteiger partial charge < -0.3 is 15.3 Å². The van der Waals surface area contributed by atoms with E-state index in [9.17, 15) is 4.79 Å². The van der Waals surface area contributed by atoms with Gasteiger partial charge in [0.1, 0.15) is 6.61 Å². The van der Waals surface area contributed by atoms with Crippen LogP contribution in [0.3, 0.4) is 0 Å². The maximum atomic E-state index is 11.0. The van der Waals surface area contributed by atoms with Crippen LogP contribution in [-0.2, 0) is 11.3 Å². The van der Waals surface area contributed by atoms with E-state index in [4.69, 9.17) is 9.94 Å². The highest BCUT2D eigenvalue weighted by Crippen LogP contribution is 1.99. The van der Waals surface area contributed by atoms with Crippen molar-refractivity contribution in [2.75, 3.05) is 6.54 Å². The summed E-state index contributed by atoms with van der Waals surface area (Å²) in [5, 5.41) is 13.2. The third-order valence-corrected chi connectivity index (χ3v) is 1.63. The van der Waals surface area contributed by atoms with Crippen LogP contribution in [0.1, 0.15) is 26.3 Å². The Morgan fingerprint density at radius 1 is 1.40 bits per heavy atom. The molecule has 0 saturated carbocycles. The molecule has 0 spiro atoms. The summed E-state index contributed by atoms with van der Waals surface area (Å²) in [6, 6.07) is 9.36. The van der Waals surface area contributed by atoms with Gasteiger partial charge in [-0.05, 0) is 12.5 Å². The number of hydrogen-bond donors (Lipinski definition) is 2. The lowest BCUT2D eigenvalue weighted by atomic mass is 10.2. The topological polar surface area (TPSA) is 70.9 Å². The molecule has 0 heterocycles. The number of carbonyl (C=O) groups excluding carboxylic acids is 1. The van der Waals surface area contributed by atoms with Crippen molar-refractivity contribution < 1.29 is 14.7 Å². The monoisotopic (exact) mass is 280 g/mol. The standard InChI is InChI=1S/C10H12N2O3.C3H6.C2H6/c13-10(11-6-7-12-14)15-8-9-4-2-1-3-5-9;1-3-2;1-2/h1-5,7,14H,6,8H2,(H,11,13);3H,1H2,2H3;1-2H3/b12-7+;;. The second-order valence-electron chi connectivity index (χ2n) is 3.15. The van der Waals surface area contributed by atoms with Crippen LogP contribution in [-0.4, -0.2) is 24.1 Å². The van der Waals surface area contributed by atoms with Crippen LogP contribution in [0.15, 0.2) is 48.1 Å². The van der Waals surface area contributed by atoms with E-state index in [1.165, 1.54) is 0 Å². The van der Waals surface area contributed by atoms with Gasteiger partial charge in [-0.3, -0.25) is 0 Å². The Balaban J connectivity index is 0. The molecule has 5 nitrogen and oxygen atoms in total. The fourth-order valence-corrected chi connectivity index (χ4v) is 0.944. The van der Waals surface area contributed by atoms with Gasteiger partial charge in [-0.2, -0.15) is 0 Å². The van der Waals surface area contributed by atoms with E-state index in [1.54, 1.807) is 6.08 Å². The number of hydrogen-bond acceptors (Lipinski definition) is 4. The van der Waals surface area contributed by atoms with Crippen LogP contribution in [0, 0.1) is 0 Å². The number of ether oxygens (including phenoxy) is 1. The first-order valence-corrected chi connectivity index (χ1v) is 6.42. The molecule has 20 heavy (non-hydrogen) atoms. The number of benzene rings is 1. The Kier molecular flexibility index (Phi) is 16.7. The molecule has 0 fully saturated rings. The van der Waals surface area contributed by atoms with E-state index in [-0.39, 0.29) is 13.2 Å². The quantitative estimate of drug-likeness (QED) is 0.383. The number of rotatable bonds is 4. The third-order valence-electron chi connectivity index (χ3n) is 1.63. The first kappa shape index (κ1) is 20.0. The lowest BCUT2D eigenvalue weighted by Gasteiger charge is -2.04. The molecule has 0 saturated heterocycles. The van der Waals surface area contributed by atoms with Crippen molar-refractivity contribution in [3.63, 3.8) is 0 Å². The molecule has 0 unspecified atom stereocenters. The van der Waals surface area contributed by atoms with Gasteiger partial charge in [0.2, 0.25) is 0 Å². The fourth-order valence-electron chi connectivity index (χ4n) is 0.944. The zero-order valence-corrected chi connectivity index (χ0v) is 12.4. The average molecular weight is 280 g/mol. The second-order valence-corrected chi connectivity index (χ2v) is 3.15. The fraction of sp³-hybridized carbons (Fsp3) is 0.333. The Morgan fingerprint density at radius 3 is 2.45 bits per heavy atom. The predicted molar refractivity (Wildman–Crippen MR) is 82.1 cm³/mol. The maximum absolute atomic E-state index is 11.0. The van der Waals surface area contributed by atoms with Gasteiger partial charge in [0, 0.05) is 0 Å². The molecule has 112 valence electrons. The molecule has 0 radical (unpaired) electrons. The van der Waals surface area contributed by atoms with Gasteiger partial charge in [0.25, 0.3) is 0 Å². The summed E-state index contributed by atoms with van der Waals surface area (Å²) in [5.74, 6) is 0. The van der Waals surface area contributed by atoms with E-state index in [1.807, 2.05) is 51.1 Å². The Morgan fingerprint density at radius 2 is 1.95 bits per heavy atom. The van der Waals surface area contributed by atoms with Crippen molar-refractivity contribution in [1.29, 1.82) is 0 Å². The molecular weight excluding hydrogens is 256 g/mol. The molecule has 2 N–H and O–H groups in total. The SMILES string of the molecule is C=CC.CC.O=C(NC/C=N/O)OCc1ccccc1. The molecule has 0 aromatic heterocycles. The first-order chi connectivity index (χ1) is 9.74. The van der Waals surface area contributed by atoms with Crippen molar-refractivity contribution >= 4 is 12.3 Å². The van der Waals surface area contributed by atoms with Gasteiger partial charge >= 0.3 is 6.09 Å². The number of nitrogens with one attached hydrogen (secondary N) is 1. The molecule has 1 rings (SSSR count). The zero-order chi connectivity index (χ0) is 15.6. The van der Waals surface area contributed by atoms with Crippen LogP contribution in [0.2, 0.25) is 0 Å². The molecule has 5 heteroatoms. The van der Waals surface area contributed by atoms with Crippen molar-refractivity contribution in [1.82, 2.24) is 5.32 Å². The minimum Gasteiger partial charge on any atom is -0.445 e. The van der Waals surface area contributed by atoms with Gasteiger partial charge in [0.15, 0.2) is 0 Å². The minimum atomic E-state index is -0.543. The van der Waals surface area contributed by atoms with E-state index in [2.05, 4.69) is 17.1 Å². The van der Waals surface area contributed by atoms with Crippen LogP contribution in [0.4, 0.5) is 4.79 Å². The number of oxime groups is 1. The summed E-state index contributed by atoms with van der Waals surface area (Å²) in [7, 11) is 0. The van der Waals surface area contributed by atoms with E-state index < -0.39 is 6.09 Å². The zero-order valence-electron chi connectivity index (χ0n) is 12.4. The average Bonchev–Trinajstić information content (AvgIpc) is 2.49. The summed E-state index contributed by atoms with van der Waals surface area (Å²) in [4.78, 5) is 11.0. The molecular formula is C15H24N2O3. The number of alkyl carbamates (subject to hydrolysis) is 1. The highest BCUT2D eigenvalue weighted by atomic mass is 16.5. The number of amides is 1. The molecule has 0 aliphatic carbocycles. The first-order valence-electron chi connectivity index (χ1n) is 6.42. The summed E-state index contributed by atoms with van der Waals surface area (Å²) in [6.07, 6.45) is 2.36. The number of nitrogens with zero attached hydrogens (tertiary/aromatic N) is 1. The molecule has 1 aromatic rings. The van der Waals surface area contributed by atoms with Crippen molar-refractivity contribution in [2.24, 2.45) is 5.16 Å². The summed E-state index contributed by atoms with van der Waals surface area (Å²) in [6.45, 7) is 9.62. The van der Waals surface area contributed by atoms with E-state index in [0.29, 0.717) is 0 Å². The maximum Gasteiger partial charge on any atom is 0.407 e. The highest BCUT2D eigenvalue weighted by molar-refractivity contribution is 5.72. The minimum absolute atomic E-state index is 0.143. The van der Waals surface area contributed by atoms with Gasteiger partial charge in [-0.1, -0.05) is 50.3 Å². The molecule has 1 amide bonds. The van der Waals surface area contributed by atoms with Crippen LogP contribution in [0.5, 0.6) is 0 Å². The van der Waals surface area contributed by atoms with Crippen molar-refractivity contribution in [2.45, 2.75) is 27.4 Å². The van der Waals surface area contributed by atoms with Crippen LogP contribution < -0.4 is 5.32 Å². The van der Waals surface area contributed by atoms with Crippen molar-refractivity contribution in [3.05, 3.63) is 48.6 Å². The van der Waals surface area contributed by atoms with Gasteiger partial charge in [-0.15, -0.1) is 11.7 Å². The Bertz CT molecular complexity index is 365. The largest absolute Gasteiger partial charge is 0.445 e. The van der Waals surface area contributed by atoms with Crippen LogP contribution in [0.25, 0.3) is 0 Å². The Hall–Kier alpha value is -2.30. The van der Waals surface area contributed by atoms with Crippen molar-refractivity contribution in [3.8, 4) is 0 Å². The second kappa shape index (κ2) is 16.7. The molecule has 0 aliphatic rings. The highest BCUT2D eigenvalue weighted by Gasteiger charge is 1.99. The third kappa shape index (κ3) is 13.8. The van der Waals surface area contributed by atoms with E-state index in [0.717, 1.165) is 11.8 Å². The molecule has 1 aromatic carbocycles. The molecule has 0 aliphatic heterocycles. The van der Waals surface area contributed by atoms with E-state index >= 15 is 0 Å². The molecule has 0 atom stereocenters. The predicted octanol–water partition coefficient (Wildman–Crippen LogP) is 3.59. The van der Waals surface area contributed by atoms with Crippen LogP contribution >= 0.6 is 0 Å². The summed E-state index contributed by atoms with van der Waals surface area (Å²) < 4.78 is 4.88. The summed E-state index contributed by atoms with van der Waals surface area (Å²) in [5.41, 5.74) is 0.920. The molecule has 0 bridgehead atoms. The smallest absolute Gasteiger partial charge is 0.407 e. The number of carbonyl (C=O) groups is 1. The number of allylic oxidation sites excluding steroid dienone is 1. The normalized spacial score (nSPS) is 8.55. The lowest BCUT2D eigenvalue weighted by Crippen LogP contribution is -2.25. The van der Waals surface area contributed by atoms with Gasteiger partial charge in [0.05, 0.1) is 12.8 Å². The lowest BCUT2D eigenvalue weighted by molar-refractivity contribution is 0.141. The Labute approximate surface area is 121 Å². The van der Waals surface area contributed by atoms with Gasteiger partial charge in [-0.25, -0.2) is 4.79 Å².